The van der Waals surface area contributed by atoms with Crippen LogP contribution in [0.25, 0.3) is 0 Å². The predicted octanol–water partition coefficient (Wildman–Crippen LogP) is 2.91. The van der Waals surface area contributed by atoms with E-state index in [4.69, 9.17) is 4.74 Å². The molecule has 4 rings (SSSR count). The van der Waals surface area contributed by atoms with Crippen LogP contribution in [0.4, 0.5) is 11.6 Å². The molecule has 1 atom stereocenters. The van der Waals surface area contributed by atoms with Crippen LogP contribution in [0.15, 0.2) is 66.1 Å². The van der Waals surface area contributed by atoms with Crippen molar-refractivity contribution < 1.29 is 19.4 Å². The standard InChI is InChI=1S/C21H19N5O4/c1-12-17(19(27)25-15-7-9-16(30-2)10-8-15)18(26-21(24-12)22-11-23-26)13-3-5-14(6-4-13)20(28)29/h3-11,18H,1-2H3,(H,25,27)(H,28,29)(H,22,23,24)/t18-/m0/s1. The summed E-state index contributed by atoms with van der Waals surface area (Å²) in [5.41, 5.74) is 2.58. The molecule has 1 amide bonds. The number of allylic oxidation sites excluding steroid dienone is 1. The number of hydrogen-bond acceptors (Lipinski definition) is 6. The van der Waals surface area contributed by atoms with E-state index in [2.05, 4.69) is 20.7 Å². The highest BCUT2D eigenvalue weighted by molar-refractivity contribution is 6.06. The second-order valence-corrected chi connectivity index (χ2v) is 6.70. The zero-order chi connectivity index (χ0) is 21.3. The number of carbonyl (C=O) groups excluding carboxylic acids is 1. The van der Waals surface area contributed by atoms with Crippen LogP contribution in [0, 0.1) is 0 Å². The summed E-state index contributed by atoms with van der Waals surface area (Å²) in [6.07, 6.45) is 1.40. The van der Waals surface area contributed by atoms with E-state index in [0.717, 1.165) is 0 Å². The van der Waals surface area contributed by atoms with Crippen molar-refractivity contribution in [3.05, 3.63) is 77.3 Å². The molecule has 2 heterocycles. The van der Waals surface area contributed by atoms with Crippen LogP contribution < -0.4 is 15.4 Å². The summed E-state index contributed by atoms with van der Waals surface area (Å²) < 4.78 is 6.75. The van der Waals surface area contributed by atoms with Crippen molar-refractivity contribution in [2.45, 2.75) is 13.0 Å². The van der Waals surface area contributed by atoms with Crippen LogP contribution in [0.5, 0.6) is 5.75 Å². The molecule has 0 spiro atoms. The van der Waals surface area contributed by atoms with Crippen molar-refractivity contribution in [3.63, 3.8) is 0 Å². The number of fused-ring (bicyclic) bond motifs is 1. The first-order valence-corrected chi connectivity index (χ1v) is 9.14. The van der Waals surface area contributed by atoms with Crippen LogP contribution in [0.2, 0.25) is 0 Å². The van der Waals surface area contributed by atoms with Gasteiger partial charge < -0.3 is 20.5 Å². The van der Waals surface area contributed by atoms with E-state index >= 15 is 0 Å². The Morgan fingerprint density at radius 1 is 1.13 bits per heavy atom. The Kier molecular flexibility index (Phi) is 4.93. The zero-order valence-electron chi connectivity index (χ0n) is 16.3. The van der Waals surface area contributed by atoms with E-state index in [0.29, 0.717) is 34.2 Å². The Hall–Kier alpha value is -4.14. The van der Waals surface area contributed by atoms with Crippen LogP contribution in [0.3, 0.4) is 0 Å². The number of aromatic carboxylic acids is 1. The fourth-order valence-corrected chi connectivity index (χ4v) is 3.37. The third-order valence-electron chi connectivity index (χ3n) is 4.86. The van der Waals surface area contributed by atoms with E-state index in [-0.39, 0.29) is 11.5 Å². The first-order valence-electron chi connectivity index (χ1n) is 9.14. The third-order valence-corrected chi connectivity index (χ3v) is 4.86. The van der Waals surface area contributed by atoms with Crippen molar-refractivity contribution in [3.8, 4) is 5.75 Å². The lowest BCUT2D eigenvalue weighted by Crippen LogP contribution is -2.31. The first-order chi connectivity index (χ1) is 14.5. The molecule has 3 aromatic rings. The molecule has 30 heavy (non-hydrogen) atoms. The highest BCUT2D eigenvalue weighted by Crippen LogP contribution is 2.35. The Labute approximate surface area is 172 Å². The summed E-state index contributed by atoms with van der Waals surface area (Å²) in [6.45, 7) is 1.79. The second-order valence-electron chi connectivity index (χ2n) is 6.70. The monoisotopic (exact) mass is 405 g/mol. The Morgan fingerprint density at radius 2 is 1.83 bits per heavy atom. The molecule has 2 aromatic carbocycles. The van der Waals surface area contributed by atoms with Crippen molar-refractivity contribution in [2.24, 2.45) is 0 Å². The number of nitrogens with zero attached hydrogens (tertiary/aromatic N) is 3. The molecule has 0 aliphatic carbocycles. The number of benzene rings is 2. The minimum absolute atomic E-state index is 0.163. The molecule has 152 valence electrons. The molecule has 9 heteroatoms. The second kappa shape index (κ2) is 7.70. The number of ether oxygens (including phenoxy) is 1. The number of carboxylic acids is 1. The van der Waals surface area contributed by atoms with Crippen molar-refractivity contribution in [2.75, 3.05) is 17.7 Å². The maximum atomic E-state index is 13.2. The Balaban J connectivity index is 1.71. The number of hydrogen-bond donors (Lipinski definition) is 3. The molecule has 3 N–H and O–H groups in total. The summed E-state index contributed by atoms with van der Waals surface area (Å²) >= 11 is 0. The van der Waals surface area contributed by atoms with Gasteiger partial charge in [-0.15, -0.1) is 0 Å². The Bertz CT molecular complexity index is 1130. The number of amides is 1. The van der Waals surface area contributed by atoms with Gasteiger partial charge in [0, 0.05) is 11.4 Å². The van der Waals surface area contributed by atoms with E-state index in [1.54, 1.807) is 55.1 Å². The fraction of sp³-hybridized carbons (Fsp3) is 0.143. The van der Waals surface area contributed by atoms with Gasteiger partial charge in [-0.1, -0.05) is 12.1 Å². The average molecular weight is 405 g/mol. The number of carboxylic acid groups (broad SMARTS) is 1. The lowest BCUT2D eigenvalue weighted by atomic mass is 9.94. The van der Waals surface area contributed by atoms with Gasteiger partial charge in [-0.05, 0) is 48.9 Å². The van der Waals surface area contributed by atoms with Gasteiger partial charge in [0.2, 0.25) is 5.95 Å². The van der Waals surface area contributed by atoms with E-state index in [9.17, 15) is 14.7 Å². The third kappa shape index (κ3) is 3.48. The smallest absolute Gasteiger partial charge is 0.335 e. The molecule has 9 nitrogen and oxygen atoms in total. The molecule has 1 aliphatic rings. The lowest BCUT2D eigenvalue weighted by Gasteiger charge is -2.28. The minimum Gasteiger partial charge on any atom is -0.497 e. The van der Waals surface area contributed by atoms with Crippen molar-refractivity contribution in [1.82, 2.24) is 14.8 Å². The van der Waals surface area contributed by atoms with Gasteiger partial charge >= 0.3 is 5.97 Å². The van der Waals surface area contributed by atoms with Crippen LogP contribution in [-0.2, 0) is 4.79 Å². The fourth-order valence-electron chi connectivity index (χ4n) is 3.37. The number of carbonyl (C=O) groups is 2. The maximum Gasteiger partial charge on any atom is 0.335 e. The molecule has 1 aliphatic heterocycles. The molecular weight excluding hydrogens is 386 g/mol. The number of rotatable bonds is 5. The average Bonchev–Trinajstić information content (AvgIpc) is 3.21. The lowest BCUT2D eigenvalue weighted by molar-refractivity contribution is -0.113. The van der Waals surface area contributed by atoms with Gasteiger partial charge in [0.05, 0.1) is 18.2 Å². The van der Waals surface area contributed by atoms with Crippen LogP contribution >= 0.6 is 0 Å². The summed E-state index contributed by atoms with van der Waals surface area (Å²) in [5.74, 6) is -0.136. The maximum absolute atomic E-state index is 13.2. The largest absolute Gasteiger partial charge is 0.497 e. The van der Waals surface area contributed by atoms with Gasteiger partial charge in [-0.25, -0.2) is 9.48 Å². The number of nitrogens with one attached hydrogen (secondary N) is 2. The topological polar surface area (TPSA) is 118 Å². The summed E-state index contributed by atoms with van der Waals surface area (Å²) in [4.78, 5) is 28.6. The first kappa shape index (κ1) is 19.2. The molecule has 0 saturated heterocycles. The Morgan fingerprint density at radius 3 is 2.47 bits per heavy atom. The van der Waals surface area contributed by atoms with E-state index in [1.807, 2.05) is 0 Å². The molecule has 0 radical (unpaired) electrons. The SMILES string of the molecule is COc1ccc(NC(=O)C2=C(C)Nc3ncnn3[C@H]2c2ccc(C(=O)O)cc2)cc1. The molecular formula is C21H19N5O4. The molecule has 1 aromatic heterocycles. The van der Waals surface area contributed by atoms with Crippen LogP contribution in [0.1, 0.15) is 28.9 Å². The molecule has 0 fully saturated rings. The predicted molar refractivity (Wildman–Crippen MR) is 110 cm³/mol. The highest BCUT2D eigenvalue weighted by Gasteiger charge is 2.33. The molecule has 0 unspecified atom stereocenters. The van der Waals surface area contributed by atoms with Gasteiger partial charge in [-0.3, -0.25) is 4.79 Å². The van der Waals surface area contributed by atoms with Gasteiger partial charge in [0.1, 0.15) is 18.1 Å². The molecule has 0 bridgehead atoms. The van der Waals surface area contributed by atoms with E-state index in [1.165, 1.54) is 18.5 Å². The molecule has 0 saturated carbocycles. The number of anilines is 2. The van der Waals surface area contributed by atoms with Gasteiger partial charge in [0.15, 0.2) is 0 Å². The normalized spacial score (nSPS) is 15.2. The van der Waals surface area contributed by atoms with Crippen LogP contribution in [-0.4, -0.2) is 38.9 Å². The summed E-state index contributed by atoms with van der Waals surface area (Å²) in [5, 5.41) is 19.4. The quantitative estimate of drug-likeness (QED) is 0.597. The highest BCUT2D eigenvalue weighted by atomic mass is 16.5. The van der Waals surface area contributed by atoms with E-state index < -0.39 is 12.0 Å². The van der Waals surface area contributed by atoms with Gasteiger partial charge in [-0.2, -0.15) is 10.1 Å². The van der Waals surface area contributed by atoms with Crippen molar-refractivity contribution in [1.29, 1.82) is 0 Å². The number of methoxy groups -OCH3 is 1. The summed E-state index contributed by atoms with van der Waals surface area (Å²) in [6, 6.07) is 12.8. The van der Waals surface area contributed by atoms with Crippen molar-refractivity contribution >= 4 is 23.5 Å². The number of aromatic nitrogens is 3. The van der Waals surface area contributed by atoms with Gasteiger partial charge in [0.25, 0.3) is 5.91 Å². The minimum atomic E-state index is -1.02. The summed E-state index contributed by atoms with van der Waals surface area (Å²) in [7, 11) is 1.57. The zero-order valence-corrected chi connectivity index (χ0v) is 16.3.